The third kappa shape index (κ3) is 4.47. The van der Waals surface area contributed by atoms with Crippen LogP contribution in [0.25, 0.3) is 0 Å². The molecule has 0 radical (unpaired) electrons. The molecule has 0 spiro atoms. The molecule has 2 nitrogen and oxygen atoms in total. The van der Waals surface area contributed by atoms with Crippen molar-refractivity contribution in [3.63, 3.8) is 0 Å². The number of ether oxygens (including phenoxy) is 1. The zero-order valence-corrected chi connectivity index (χ0v) is 9.53. The summed E-state index contributed by atoms with van der Waals surface area (Å²) in [6.07, 6.45) is 2.56. The topological polar surface area (TPSA) is 29.5 Å². The number of para-hydroxylation sites is 1. The molecule has 1 aliphatic heterocycles. The molecule has 1 aliphatic rings. The smallest absolute Gasteiger partial charge is 0.128 e. The van der Waals surface area contributed by atoms with Gasteiger partial charge in [0.1, 0.15) is 5.75 Å². The zero-order valence-electron chi connectivity index (χ0n) is 7.37. The number of halogens is 1. The van der Waals surface area contributed by atoms with Crippen molar-refractivity contribution in [3.05, 3.63) is 27.8 Å². The van der Waals surface area contributed by atoms with E-state index >= 15 is 0 Å². The van der Waals surface area contributed by atoms with Crippen LogP contribution in [0, 0.1) is 3.57 Å². The summed E-state index contributed by atoms with van der Waals surface area (Å²) < 4.78 is 5.84. The number of aromatic hydroxyl groups is 1. The summed E-state index contributed by atoms with van der Waals surface area (Å²) in [5.74, 6) is 0.355. The lowest BCUT2D eigenvalue weighted by Crippen LogP contribution is -1.74. The van der Waals surface area contributed by atoms with Crippen LogP contribution in [0.15, 0.2) is 24.3 Å². The molecular formula is C10H13IO2. The lowest BCUT2D eigenvalue weighted by atomic mass is 10.3. The fourth-order valence-electron chi connectivity index (χ4n) is 0.962. The Labute approximate surface area is 92.1 Å². The quantitative estimate of drug-likeness (QED) is 0.745. The second kappa shape index (κ2) is 6.21. The number of phenolic OH excluding ortho intramolecular Hbond substituents is 1. The van der Waals surface area contributed by atoms with Crippen molar-refractivity contribution < 1.29 is 9.84 Å². The minimum Gasteiger partial charge on any atom is -0.507 e. The highest BCUT2D eigenvalue weighted by Crippen LogP contribution is 2.16. The second-order valence-electron chi connectivity index (χ2n) is 2.77. The van der Waals surface area contributed by atoms with Crippen LogP contribution in [-0.4, -0.2) is 18.3 Å². The maximum Gasteiger partial charge on any atom is 0.128 e. The third-order valence-corrected chi connectivity index (χ3v) is 2.59. The van der Waals surface area contributed by atoms with Gasteiger partial charge >= 0.3 is 0 Å². The number of rotatable bonds is 0. The van der Waals surface area contributed by atoms with Crippen LogP contribution in [0.5, 0.6) is 5.75 Å². The molecule has 72 valence electrons. The molecule has 1 heterocycles. The Balaban J connectivity index is 0.000000145. The summed E-state index contributed by atoms with van der Waals surface area (Å²) in [6, 6.07) is 7.22. The first-order valence-electron chi connectivity index (χ1n) is 4.32. The first-order valence-corrected chi connectivity index (χ1v) is 5.40. The number of benzene rings is 1. The van der Waals surface area contributed by atoms with E-state index in [1.54, 1.807) is 12.1 Å². The Morgan fingerprint density at radius 3 is 2.08 bits per heavy atom. The van der Waals surface area contributed by atoms with E-state index in [1.807, 2.05) is 12.1 Å². The van der Waals surface area contributed by atoms with E-state index in [2.05, 4.69) is 22.6 Å². The molecule has 0 atom stereocenters. The van der Waals surface area contributed by atoms with Crippen molar-refractivity contribution in [2.24, 2.45) is 0 Å². The van der Waals surface area contributed by atoms with Gasteiger partial charge in [-0.25, -0.2) is 0 Å². The molecule has 0 aromatic heterocycles. The molecule has 0 saturated carbocycles. The Hall–Kier alpha value is -0.290. The van der Waals surface area contributed by atoms with E-state index < -0.39 is 0 Å². The van der Waals surface area contributed by atoms with E-state index in [1.165, 1.54) is 12.8 Å². The highest BCUT2D eigenvalue weighted by atomic mass is 127. The molecule has 0 aliphatic carbocycles. The monoisotopic (exact) mass is 292 g/mol. The van der Waals surface area contributed by atoms with Gasteiger partial charge in [0.05, 0.1) is 3.57 Å². The van der Waals surface area contributed by atoms with Gasteiger partial charge in [-0.05, 0) is 47.6 Å². The van der Waals surface area contributed by atoms with Gasteiger partial charge in [0.2, 0.25) is 0 Å². The van der Waals surface area contributed by atoms with Crippen molar-refractivity contribution in [1.29, 1.82) is 0 Å². The maximum absolute atomic E-state index is 8.91. The molecule has 13 heavy (non-hydrogen) atoms. The predicted molar refractivity (Wildman–Crippen MR) is 60.9 cm³/mol. The third-order valence-electron chi connectivity index (χ3n) is 1.68. The Bertz CT molecular complexity index is 218. The summed E-state index contributed by atoms with van der Waals surface area (Å²) >= 11 is 2.07. The molecule has 0 unspecified atom stereocenters. The Morgan fingerprint density at radius 1 is 1.15 bits per heavy atom. The fraction of sp³-hybridized carbons (Fsp3) is 0.400. The van der Waals surface area contributed by atoms with Gasteiger partial charge in [-0.1, -0.05) is 12.1 Å². The lowest BCUT2D eigenvalue weighted by molar-refractivity contribution is 0.198. The van der Waals surface area contributed by atoms with E-state index in [0.29, 0.717) is 5.75 Å². The van der Waals surface area contributed by atoms with E-state index in [4.69, 9.17) is 9.84 Å². The molecule has 1 aromatic rings. The number of hydrogen-bond donors (Lipinski definition) is 1. The molecule has 0 bridgehead atoms. The van der Waals surface area contributed by atoms with Crippen molar-refractivity contribution in [1.82, 2.24) is 0 Å². The molecular weight excluding hydrogens is 279 g/mol. The van der Waals surface area contributed by atoms with Crippen LogP contribution in [0.1, 0.15) is 12.8 Å². The van der Waals surface area contributed by atoms with E-state index in [0.717, 1.165) is 16.8 Å². The van der Waals surface area contributed by atoms with Crippen LogP contribution in [0.4, 0.5) is 0 Å². The largest absolute Gasteiger partial charge is 0.507 e. The van der Waals surface area contributed by atoms with Gasteiger partial charge in [0.25, 0.3) is 0 Å². The van der Waals surface area contributed by atoms with E-state index in [-0.39, 0.29) is 0 Å². The Morgan fingerprint density at radius 2 is 1.77 bits per heavy atom. The predicted octanol–water partition coefficient (Wildman–Crippen LogP) is 2.79. The van der Waals surface area contributed by atoms with Crippen LogP contribution in [-0.2, 0) is 4.74 Å². The van der Waals surface area contributed by atoms with Gasteiger partial charge in [-0.2, -0.15) is 0 Å². The summed E-state index contributed by atoms with van der Waals surface area (Å²) in [5, 5.41) is 8.91. The van der Waals surface area contributed by atoms with Crippen LogP contribution < -0.4 is 0 Å². The SMILES string of the molecule is C1CCOC1.Oc1ccccc1I. The molecule has 2 rings (SSSR count). The van der Waals surface area contributed by atoms with E-state index in [9.17, 15) is 0 Å². The number of hydrogen-bond acceptors (Lipinski definition) is 2. The van der Waals surface area contributed by atoms with Crippen molar-refractivity contribution in [2.75, 3.05) is 13.2 Å². The average molecular weight is 292 g/mol. The molecule has 3 heteroatoms. The summed E-state index contributed by atoms with van der Waals surface area (Å²) in [4.78, 5) is 0. The molecule has 1 N–H and O–H groups in total. The van der Waals surface area contributed by atoms with Crippen LogP contribution >= 0.6 is 22.6 Å². The van der Waals surface area contributed by atoms with Crippen LogP contribution in [0.3, 0.4) is 0 Å². The second-order valence-corrected chi connectivity index (χ2v) is 3.93. The average Bonchev–Trinajstić information content (AvgIpc) is 2.68. The summed E-state index contributed by atoms with van der Waals surface area (Å²) in [5.41, 5.74) is 0. The molecule has 1 fully saturated rings. The number of phenols is 1. The normalized spacial score (nSPS) is 14.8. The highest BCUT2D eigenvalue weighted by molar-refractivity contribution is 14.1. The maximum atomic E-state index is 8.91. The fourth-order valence-corrected chi connectivity index (χ4v) is 1.35. The molecule has 0 amide bonds. The standard InChI is InChI=1S/C6H5IO.C4H8O/c7-5-3-1-2-4-6(5)8;1-2-4-5-3-1/h1-4,8H;1-4H2. The summed E-state index contributed by atoms with van der Waals surface area (Å²) in [6.45, 7) is 2.00. The summed E-state index contributed by atoms with van der Waals surface area (Å²) in [7, 11) is 0. The first kappa shape index (κ1) is 10.8. The van der Waals surface area contributed by atoms with Crippen molar-refractivity contribution in [3.8, 4) is 5.75 Å². The van der Waals surface area contributed by atoms with Gasteiger partial charge < -0.3 is 9.84 Å². The first-order chi connectivity index (χ1) is 6.30. The van der Waals surface area contributed by atoms with Gasteiger partial charge in [-0.15, -0.1) is 0 Å². The van der Waals surface area contributed by atoms with Crippen molar-refractivity contribution in [2.45, 2.75) is 12.8 Å². The van der Waals surface area contributed by atoms with Gasteiger partial charge in [0.15, 0.2) is 0 Å². The van der Waals surface area contributed by atoms with Crippen LogP contribution in [0.2, 0.25) is 0 Å². The molecule has 1 saturated heterocycles. The Kier molecular flexibility index (Phi) is 5.15. The van der Waals surface area contributed by atoms with Gasteiger partial charge in [0, 0.05) is 13.2 Å². The lowest BCUT2D eigenvalue weighted by Gasteiger charge is -1.90. The van der Waals surface area contributed by atoms with Crippen molar-refractivity contribution >= 4 is 22.6 Å². The van der Waals surface area contributed by atoms with Gasteiger partial charge in [-0.3, -0.25) is 0 Å². The minimum absolute atomic E-state index is 0.355. The zero-order chi connectivity index (χ0) is 9.52. The minimum atomic E-state index is 0.355. The highest BCUT2D eigenvalue weighted by Gasteiger charge is 1.94. The molecule has 1 aromatic carbocycles.